The minimum atomic E-state index is 0.284. The quantitative estimate of drug-likeness (QED) is 0.711. The Morgan fingerprint density at radius 3 is 2.75 bits per heavy atom. The van der Waals surface area contributed by atoms with E-state index in [1.165, 1.54) is 44.5 Å². The molecule has 5 nitrogen and oxygen atoms in total. The molecule has 2 saturated heterocycles. The molecule has 1 aromatic rings. The second-order valence-electron chi connectivity index (χ2n) is 9.09. The second kappa shape index (κ2) is 7.60. The number of likely N-dealkylation sites (tertiary alicyclic amines) is 2. The first-order valence-corrected chi connectivity index (χ1v) is 10.8. The average molecular weight is 382 g/mol. The van der Waals surface area contributed by atoms with Gasteiger partial charge in [0.25, 0.3) is 0 Å². The van der Waals surface area contributed by atoms with Crippen LogP contribution in [0.1, 0.15) is 69.8 Å². The molecule has 1 saturated carbocycles. The van der Waals surface area contributed by atoms with E-state index in [1.807, 2.05) is 13.1 Å². The fraction of sp³-hybridized carbons (Fsp3) is 0.652. The zero-order chi connectivity index (χ0) is 19.9. The van der Waals surface area contributed by atoms with Crippen molar-refractivity contribution < 1.29 is 0 Å². The molecule has 3 fully saturated rings. The third-order valence-corrected chi connectivity index (χ3v) is 7.36. The van der Waals surface area contributed by atoms with Gasteiger partial charge in [-0.05, 0) is 71.5 Å². The van der Waals surface area contributed by atoms with Crippen LogP contribution in [-0.4, -0.2) is 57.3 Å². The summed E-state index contributed by atoms with van der Waals surface area (Å²) >= 11 is 0. The van der Waals surface area contributed by atoms with Crippen molar-refractivity contribution >= 4 is 5.71 Å². The number of piperidine rings is 2. The van der Waals surface area contributed by atoms with Crippen LogP contribution in [0.2, 0.25) is 0 Å². The first-order valence-electron chi connectivity index (χ1n) is 10.8. The molecule has 0 aromatic carbocycles. The Balaban J connectivity index is 1.58. The van der Waals surface area contributed by atoms with Crippen molar-refractivity contribution in [3.63, 3.8) is 0 Å². The van der Waals surface area contributed by atoms with Gasteiger partial charge in [0.1, 0.15) is 5.82 Å². The zero-order valence-corrected chi connectivity index (χ0v) is 17.8. The molecule has 1 aromatic heterocycles. The summed E-state index contributed by atoms with van der Waals surface area (Å²) < 4.78 is 2.50. The molecule has 1 aliphatic carbocycles. The van der Waals surface area contributed by atoms with E-state index in [1.54, 1.807) is 6.20 Å². The maximum atomic E-state index is 4.86. The molecular formula is C23H35N5. The van der Waals surface area contributed by atoms with Gasteiger partial charge in [0.15, 0.2) is 0 Å². The van der Waals surface area contributed by atoms with Crippen LogP contribution in [0.4, 0.5) is 0 Å². The summed E-state index contributed by atoms with van der Waals surface area (Å²) in [6.45, 7) is 11.2. The minimum absolute atomic E-state index is 0.284. The van der Waals surface area contributed by atoms with E-state index >= 15 is 0 Å². The molecule has 0 bridgehead atoms. The van der Waals surface area contributed by atoms with Crippen molar-refractivity contribution in [2.24, 2.45) is 4.99 Å². The van der Waals surface area contributed by atoms with Crippen LogP contribution in [0.15, 0.2) is 42.3 Å². The minimum Gasteiger partial charge on any atom is -0.330 e. The molecule has 2 aliphatic heterocycles. The maximum absolute atomic E-state index is 4.86. The predicted octanol–water partition coefficient (Wildman–Crippen LogP) is 4.37. The standard InChI is InChI=1S/C23H35N5/c1-6-24-21(17(2)3)19-8-7-9-20(27(19)5)22-25-13-15-28(22)18-10-14-26(4)23(16-18)11-12-23/h6,13,15,18-20H,1-2,7-12,14,16H2,3-5H3. The summed E-state index contributed by atoms with van der Waals surface area (Å²) in [6.07, 6.45) is 14.5. The summed E-state index contributed by atoms with van der Waals surface area (Å²) in [7, 11) is 4.53. The molecule has 152 valence electrons. The molecular weight excluding hydrogens is 346 g/mol. The highest BCUT2D eigenvalue weighted by atomic mass is 15.3. The van der Waals surface area contributed by atoms with Crippen LogP contribution in [0.5, 0.6) is 0 Å². The molecule has 3 aliphatic rings. The Labute approximate surface area is 169 Å². The van der Waals surface area contributed by atoms with Crippen LogP contribution in [0.3, 0.4) is 0 Å². The number of aliphatic imine (C=N–C) groups is 1. The summed E-state index contributed by atoms with van der Waals surface area (Å²) in [5.41, 5.74) is 2.57. The Morgan fingerprint density at radius 2 is 2.07 bits per heavy atom. The van der Waals surface area contributed by atoms with Crippen molar-refractivity contribution in [1.82, 2.24) is 19.4 Å². The van der Waals surface area contributed by atoms with Crippen LogP contribution in [0, 0.1) is 0 Å². The van der Waals surface area contributed by atoms with E-state index in [-0.39, 0.29) is 6.04 Å². The monoisotopic (exact) mass is 381 g/mol. The lowest BCUT2D eigenvalue weighted by atomic mass is 9.90. The molecule has 3 unspecified atom stereocenters. The van der Waals surface area contributed by atoms with Crippen molar-refractivity contribution in [2.45, 2.75) is 75.5 Å². The van der Waals surface area contributed by atoms with Gasteiger partial charge in [-0.25, -0.2) is 4.98 Å². The summed E-state index contributed by atoms with van der Waals surface area (Å²) in [5.74, 6) is 1.23. The lowest BCUT2D eigenvalue weighted by molar-refractivity contribution is 0.112. The van der Waals surface area contributed by atoms with Gasteiger partial charge in [-0.1, -0.05) is 13.2 Å². The van der Waals surface area contributed by atoms with Gasteiger partial charge in [0.2, 0.25) is 0 Å². The molecule has 0 amide bonds. The molecule has 1 spiro atoms. The third kappa shape index (κ3) is 3.39. The Kier molecular flexibility index (Phi) is 5.32. The molecule has 4 rings (SSSR count). The van der Waals surface area contributed by atoms with Gasteiger partial charge in [0.05, 0.1) is 17.8 Å². The highest BCUT2D eigenvalue weighted by Gasteiger charge is 2.50. The molecule has 5 heteroatoms. The summed E-state index contributed by atoms with van der Waals surface area (Å²) in [4.78, 5) is 14.5. The van der Waals surface area contributed by atoms with Gasteiger partial charge < -0.3 is 9.47 Å². The van der Waals surface area contributed by atoms with Crippen molar-refractivity contribution in [3.8, 4) is 0 Å². The van der Waals surface area contributed by atoms with E-state index in [9.17, 15) is 0 Å². The fourth-order valence-electron chi connectivity index (χ4n) is 5.48. The maximum Gasteiger partial charge on any atom is 0.126 e. The van der Waals surface area contributed by atoms with Gasteiger partial charge in [-0.3, -0.25) is 9.89 Å². The number of aromatic nitrogens is 2. The number of nitrogens with zero attached hydrogens (tertiary/aromatic N) is 5. The van der Waals surface area contributed by atoms with Gasteiger partial charge in [-0.15, -0.1) is 0 Å². The van der Waals surface area contributed by atoms with E-state index in [4.69, 9.17) is 4.98 Å². The zero-order valence-electron chi connectivity index (χ0n) is 17.8. The van der Waals surface area contributed by atoms with Gasteiger partial charge in [-0.2, -0.15) is 0 Å². The summed E-state index contributed by atoms with van der Waals surface area (Å²) in [5, 5.41) is 0. The highest BCUT2D eigenvalue weighted by molar-refractivity contribution is 6.03. The number of imidazole rings is 1. The Hall–Kier alpha value is -1.72. The lowest BCUT2D eigenvalue weighted by Gasteiger charge is -2.42. The fourth-order valence-corrected chi connectivity index (χ4v) is 5.48. The van der Waals surface area contributed by atoms with Crippen molar-refractivity contribution in [3.05, 3.63) is 43.1 Å². The Bertz CT molecular complexity index is 772. The number of rotatable bonds is 5. The van der Waals surface area contributed by atoms with Crippen LogP contribution >= 0.6 is 0 Å². The molecule has 3 heterocycles. The van der Waals surface area contributed by atoms with Gasteiger partial charge in [0, 0.05) is 36.7 Å². The van der Waals surface area contributed by atoms with E-state index < -0.39 is 0 Å². The normalized spacial score (nSPS) is 31.1. The topological polar surface area (TPSA) is 36.7 Å². The number of hydrogen-bond donors (Lipinski definition) is 0. The van der Waals surface area contributed by atoms with Crippen molar-refractivity contribution in [2.75, 3.05) is 20.6 Å². The van der Waals surface area contributed by atoms with E-state index in [2.05, 4.69) is 52.8 Å². The van der Waals surface area contributed by atoms with E-state index in [0.717, 1.165) is 24.1 Å². The van der Waals surface area contributed by atoms with Crippen molar-refractivity contribution in [1.29, 1.82) is 0 Å². The average Bonchev–Trinajstić information content (AvgIpc) is 3.27. The molecule has 3 atom stereocenters. The number of hydrogen-bond acceptors (Lipinski definition) is 4. The highest BCUT2D eigenvalue weighted by Crippen LogP contribution is 2.51. The third-order valence-electron chi connectivity index (χ3n) is 7.36. The molecule has 0 radical (unpaired) electrons. The van der Waals surface area contributed by atoms with E-state index in [0.29, 0.717) is 17.6 Å². The largest absolute Gasteiger partial charge is 0.330 e. The van der Waals surface area contributed by atoms with Crippen LogP contribution in [0.25, 0.3) is 0 Å². The predicted molar refractivity (Wildman–Crippen MR) is 116 cm³/mol. The molecule has 0 N–H and O–H groups in total. The lowest BCUT2D eigenvalue weighted by Crippen LogP contribution is -2.46. The van der Waals surface area contributed by atoms with Crippen LogP contribution in [-0.2, 0) is 0 Å². The smallest absolute Gasteiger partial charge is 0.126 e. The first-order chi connectivity index (χ1) is 13.5. The molecule has 28 heavy (non-hydrogen) atoms. The Morgan fingerprint density at radius 1 is 1.29 bits per heavy atom. The summed E-state index contributed by atoms with van der Waals surface area (Å²) in [6, 6.07) is 1.19. The van der Waals surface area contributed by atoms with Gasteiger partial charge >= 0.3 is 0 Å². The second-order valence-corrected chi connectivity index (χ2v) is 9.09. The first kappa shape index (κ1) is 19.6. The van der Waals surface area contributed by atoms with Crippen LogP contribution < -0.4 is 0 Å². The SMILES string of the molecule is C=CN=C(C(=C)C)C1CCCC(c2nccn2C2CCN(C)C3(CC3)C2)N1C.